The summed E-state index contributed by atoms with van der Waals surface area (Å²) < 4.78 is 13.4. The van der Waals surface area contributed by atoms with Gasteiger partial charge in [0.2, 0.25) is 5.91 Å². The number of nitrogens with one attached hydrogen (secondary N) is 1. The quantitative estimate of drug-likeness (QED) is 0.927. The maximum Gasteiger partial charge on any atom is 0.246 e. The Kier molecular flexibility index (Phi) is 4.11. The van der Waals surface area contributed by atoms with Gasteiger partial charge in [0, 0.05) is 5.69 Å². The largest absolute Gasteiger partial charge is 0.325 e. The van der Waals surface area contributed by atoms with Crippen LogP contribution in [0, 0.1) is 24.1 Å². The fourth-order valence-electron chi connectivity index (χ4n) is 1.82. The summed E-state index contributed by atoms with van der Waals surface area (Å²) in [5.41, 5.74) is 1.46. The fourth-order valence-corrected chi connectivity index (χ4v) is 1.82. The highest BCUT2D eigenvalue weighted by atomic mass is 19.1. The highest BCUT2D eigenvalue weighted by molar-refractivity contribution is 5.97. The molecule has 2 aromatic carbocycles. The molecule has 0 aromatic heterocycles. The van der Waals surface area contributed by atoms with Gasteiger partial charge in [0.25, 0.3) is 0 Å². The third-order valence-corrected chi connectivity index (χ3v) is 2.96. The van der Waals surface area contributed by atoms with Crippen molar-refractivity contribution in [3.05, 3.63) is 65.5 Å². The van der Waals surface area contributed by atoms with Crippen molar-refractivity contribution in [2.75, 3.05) is 5.32 Å². The molecule has 100 valence electrons. The Morgan fingerprint density at radius 1 is 1.25 bits per heavy atom. The third kappa shape index (κ3) is 3.01. The summed E-state index contributed by atoms with van der Waals surface area (Å²) in [5, 5.41) is 11.7. The van der Waals surface area contributed by atoms with E-state index >= 15 is 0 Å². The Labute approximate surface area is 116 Å². The van der Waals surface area contributed by atoms with Crippen LogP contribution in [0.3, 0.4) is 0 Å². The van der Waals surface area contributed by atoms with E-state index in [2.05, 4.69) is 5.32 Å². The van der Waals surface area contributed by atoms with E-state index < -0.39 is 17.6 Å². The molecule has 0 bridgehead atoms. The zero-order valence-corrected chi connectivity index (χ0v) is 10.9. The first-order valence-electron chi connectivity index (χ1n) is 6.13. The molecule has 2 aromatic rings. The number of aryl methyl sites for hydroxylation is 1. The topological polar surface area (TPSA) is 52.9 Å². The lowest BCUT2D eigenvalue weighted by Gasteiger charge is -2.11. The summed E-state index contributed by atoms with van der Waals surface area (Å²) in [4.78, 5) is 12.1. The van der Waals surface area contributed by atoms with Crippen LogP contribution in [-0.2, 0) is 4.79 Å². The molecule has 0 spiro atoms. The van der Waals surface area contributed by atoms with Crippen molar-refractivity contribution in [2.24, 2.45) is 0 Å². The summed E-state index contributed by atoms with van der Waals surface area (Å²) in [6.45, 7) is 1.64. The van der Waals surface area contributed by atoms with Gasteiger partial charge in [-0.2, -0.15) is 5.26 Å². The van der Waals surface area contributed by atoms with Gasteiger partial charge < -0.3 is 5.32 Å². The first-order chi connectivity index (χ1) is 9.61. The molecule has 0 aliphatic heterocycles. The van der Waals surface area contributed by atoms with E-state index in [1.165, 1.54) is 6.07 Å². The maximum absolute atomic E-state index is 13.4. The van der Waals surface area contributed by atoms with Gasteiger partial charge in [-0.25, -0.2) is 4.39 Å². The number of halogens is 1. The molecule has 0 saturated heterocycles. The average Bonchev–Trinajstić information content (AvgIpc) is 2.45. The van der Waals surface area contributed by atoms with Gasteiger partial charge >= 0.3 is 0 Å². The molecule has 0 fully saturated rings. The number of nitriles is 1. The molecule has 0 heterocycles. The Morgan fingerprint density at radius 2 is 1.95 bits per heavy atom. The monoisotopic (exact) mass is 268 g/mol. The van der Waals surface area contributed by atoms with E-state index in [1.807, 2.05) is 12.1 Å². The van der Waals surface area contributed by atoms with Crippen LogP contribution in [0.1, 0.15) is 17.0 Å². The number of carbonyl (C=O) groups is 1. The molecular weight excluding hydrogens is 255 g/mol. The molecular formula is C16H13FN2O. The van der Waals surface area contributed by atoms with Gasteiger partial charge in [-0.1, -0.05) is 36.4 Å². The SMILES string of the molecule is Cc1ccc(NC(=O)C(C#N)c2ccccc2)cc1F. The molecule has 0 radical (unpaired) electrons. The normalized spacial score (nSPS) is 11.4. The number of amides is 1. The Morgan fingerprint density at radius 3 is 2.55 bits per heavy atom. The van der Waals surface area contributed by atoms with Crippen LogP contribution < -0.4 is 5.32 Å². The molecule has 0 saturated carbocycles. The third-order valence-electron chi connectivity index (χ3n) is 2.96. The van der Waals surface area contributed by atoms with Crippen LogP contribution in [0.25, 0.3) is 0 Å². The number of rotatable bonds is 3. The van der Waals surface area contributed by atoms with Crippen molar-refractivity contribution < 1.29 is 9.18 Å². The second-order valence-electron chi connectivity index (χ2n) is 4.43. The number of carbonyl (C=O) groups excluding carboxylic acids is 1. The number of nitrogens with zero attached hydrogens (tertiary/aromatic N) is 1. The van der Waals surface area contributed by atoms with Gasteiger partial charge in [-0.3, -0.25) is 4.79 Å². The second-order valence-corrected chi connectivity index (χ2v) is 4.43. The lowest BCUT2D eigenvalue weighted by Crippen LogP contribution is -2.20. The summed E-state index contributed by atoms with van der Waals surface area (Å²) in [5.74, 6) is -1.78. The summed E-state index contributed by atoms with van der Waals surface area (Å²) in [6, 6.07) is 15.1. The molecule has 1 unspecified atom stereocenters. The van der Waals surface area contributed by atoms with Gasteiger partial charge in [0.15, 0.2) is 5.92 Å². The van der Waals surface area contributed by atoms with Crippen LogP contribution in [0.5, 0.6) is 0 Å². The summed E-state index contributed by atoms with van der Waals surface area (Å²) in [6.07, 6.45) is 0. The minimum absolute atomic E-state index is 0.342. The molecule has 3 nitrogen and oxygen atoms in total. The molecule has 20 heavy (non-hydrogen) atoms. The van der Waals surface area contributed by atoms with Gasteiger partial charge in [-0.15, -0.1) is 0 Å². The zero-order valence-electron chi connectivity index (χ0n) is 10.9. The maximum atomic E-state index is 13.4. The van der Waals surface area contributed by atoms with Crippen molar-refractivity contribution >= 4 is 11.6 Å². The molecule has 0 aliphatic rings. The number of anilines is 1. The van der Waals surface area contributed by atoms with E-state index in [0.717, 1.165) is 0 Å². The molecule has 1 amide bonds. The summed E-state index contributed by atoms with van der Waals surface area (Å²) >= 11 is 0. The number of benzene rings is 2. The number of hydrogen-bond donors (Lipinski definition) is 1. The van der Waals surface area contributed by atoms with E-state index in [9.17, 15) is 9.18 Å². The lowest BCUT2D eigenvalue weighted by molar-refractivity contribution is -0.116. The smallest absolute Gasteiger partial charge is 0.246 e. The molecule has 1 atom stereocenters. The molecule has 0 aliphatic carbocycles. The predicted octanol–water partition coefficient (Wildman–Crippen LogP) is 3.38. The minimum Gasteiger partial charge on any atom is -0.325 e. The van der Waals surface area contributed by atoms with Crippen LogP contribution in [0.15, 0.2) is 48.5 Å². The van der Waals surface area contributed by atoms with Crippen LogP contribution >= 0.6 is 0 Å². The van der Waals surface area contributed by atoms with E-state index in [-0.39, 0.29) is 0 Å². The average molecular weight is 268 g/mol. The van der Waals surface area contributed by atoms with Crippen molar-refractivity contribution in [2.45, 2.75) is 12.8 Å². The predicted molar refractivity (Wildman–Crippen MR) is 74.6 cm³/mol. The minimum atomic E-state index is -0.916. The van der Waals surface area contributed by atoms with Crippen molar-refractivity contribution in [3.63, 3.8) is 0 Å². The van der Waals surface area contributed by atoms with Gasteiger partial charge in [0.05, 0.1) is 6.07 Å². The zero-order chi connectivity index (χ0) is 14.5. The standard InChI is InChI=1S/C16H13FN2O/c1-11-7-8-13(9-15(11)17)19-16(20)14(10-18)12-5-3-2-4-6-12/h2-9,14H,1H3,(H,19,20). The van der Waals surface area contributed by atoms with Crippen molar-refractivity contribution in [1.82, 2.24) is 0 Å². The highest BCUT2D eigenvalue weighted by Gasteiger charge is 2.20. The van der Waals surface area contributed by atoms with Crippen LogP contribution in [0.4, 0.5) is 10.1 Å². The van der Waals surface area contributed by atoms with E-state index in [4.69, 9.17) is 5.26 Å². The Bertz CT molecular complexity index is 662. The second kappa shape index (κ2) is 5.98. The summed E-state index contributed by atoms with van der Waals surface area (Å²) in [7, 11) is 0. The van der Waals surface area contributed by atoms with E-state index in [1.54, 1.807) is 43.3 Å². The first kappa shape index (κ1) is 13.8. The Hall–Kier alpha value is -2.67. The molecule has 2 rings (SSSR count). The Balaban J connectivity index is 2.18. The van der Waals surface area contributed by atoms with Gasteiger partial charge in [-0.05, 0) is 30.2 Å². The van der Waals surface area contributed by atoms with Crippen molar-refractivity contribution in [1.29, 1.82) is 5.26 Å². The van der Waals surface area contributed by atoms with Crippen LogP contribution in [-0.4, -0.2) is 5.91 Å². The molecule has 4 heteroatoms. The van der Waals surface area contributed by atoms with Crippen LogP contribution in [0.2, 0.25) is 0 Å². The fraction of sp³-hybridized carbons (Fsp3) is 0.125. The number of hydrogen-bond acceptors (Lipinski definition) is 2. The highest BCUT2D eigenvalue weighted by Crippen LogP contribution is 2.19. The lowest BCUT2D eigenvalue weighted by atomic mass is 10.00. The van der Waals surface area contributed by atoms with Crippen molar-refractivity contribution in [3.8, 4) is 6.07 Å². The van der Waals surface area contributed by atoms with Gasteiger partial charge in [0.1, 0.15) is 5.82 Å². The molecule has 1 N–H and O–H groups in total. The van der Waals surface area contributed by atoms with E-state index in [0.29, 0.717) is 16.8 Å². The first-order valence-corrected chi connectivity index (χ1v) is 6.13.